The van der Waals surface area contributed by atoms with E-state index < -0.39 is 41.9 Å². The molecule has 1 aliphatic heterocycles. The highest BCUT2D eigenvalue weighted by Gasteiger charge is 2.49. The van der Waals surface area contributed by atoms with E-state index in [1.807, 2.05) is 19.1 Å². The van der Waals surface area contributed by atoms with Crippen molar-refractivity contribution < 1.29 is 33.4 Å². The van der Waals surface area contributed by atoms with Crippen LogP contribution in [-0.2, 0) is 24.6 Å². The molecule has 1 aliphatic rings. The predicted octanol–water partition coefficient (Wildman–Crippen LogP) is 1.97. The Balaban J connectivity index is 1.80. The van der Waals surface area contributed by atoms with Gasteiger partial charge in [-0.2, -0.15) is 0 Å². The van der Waals surface area contributed by atoms with Gasteiger partial charge in [0.25, 0.3) is 5.91 Å². The molecule has 0 spiro atoms. The van der Waals surface area contributed by atoms with Crippen molar-refractivity contribution in [2.45, 2.75) is 19.4 Å². The van der Waals surface area contributed by atoms with Crippen LogP contribution in [0.5, 0.6) is 0 Å². The number of carbonyl (C=O) groups is 5. The lowest BCUT2D eigenvalue weighted by Crippen LogP contribution is -2.42. The molecule has 0 aliphatic carbocycles. The maximum Gasteiger partial charge on any atom is 0.337 e. The summed E-state index contributed by atoms with van der Waals surface area (Å²) in [6.45, 7) is 2.90. The van der Waals surface area contributed by atoms with Gasteiger partial charge >= 0.3 is 18.0 Å². The number of hydrogen-bond donors (Lipinski definition) is 2. The van der Waals surface area contributed by atoms with E-state index in [4.69, 9.17) is 0 Å². The quantitative estimate of drug-likeness (QED) is 0.505. The van der Waals surface area contributed by atoms with Crippen molar-refractivity contribution in [2.75, 3.05) is 26.1 Å². The number of rotatable bonds is 6. The van der Waals surface area contributed by atoms with Crippen LogP contribution in [-0.4, -0.2) is 55.4 Å². The van der Waals surface area contributed by atoms with Gasteiger partial charge in [-0.15, -0.1) is 0 Å². The summed E-state index contributed by atoms with van der Waals surface area (Å²) < 4.78 is 9.33. The second-order valence-corrected chi connectivity index (χ2v) is 7.64. The first-order chi connectivity index (χ1) is 15.6. The Hall–Kier alpha value is -4.21. The monoisotopic (exact) mass is 453 g/mol. The third-order valence-electron chi connectivity index (χ3n) is 5.26. The molecule has 0 aromatic heterocycles. The molecule has 1 atom stereocenters. The Morgan fingerprint density at radius 3 is 2.03 bits per heavy atom. The van der Waals surface area contributed by atoms with Crippen LogP contribution in [0.4, 0.5) is 10.5 Å². The molecular weight excluding hydrogens is 430 g/mol. The van der Waals surface area contributed by atoms with E-state index in [2.05, 4.69) is 20.1 Å². The zero-order valence-electron chi connectivity index (χ0n) is 18.6. The van der Waals surface area contributed by atoms with Gasteiger partial charge in [0.15, 0.2) is 0 Å². The molecule has 1 heterocycles. The number of benzene rings is 2. The van der Waals surface area contributed by atoms with Crippen LogP contribution in [0.2, 0.25) is 0 Å². The number of nitrogens with one attached hydrogen (secondary N) is 2. The van der Waals surface area contributed by atoms with Gasteiger partial charge in [-0.05, 0) is 37.6 Å². The molecule has 0 radical (unpaired) electrons. The Morgan fingerprint density at radius 1 is 0.970 bits per heavy atom. The third kappa shape index (κ3) is 4.69. The first kappa shape index (κ1) is 23.5. The van der Waals surface area contributed by atoms with Crippen LogP contribution in [0.3, 0.4) is 0 Å². The molecule has 2 N–H and O–H groups in total. The molecule has 0 unspecified atom stereocenters. The Morgan fingerprint density at radius 2 is 1.52 bits per heavy atom. The normalized spacial score (nSPS) is 17.4. The summed E-state index contributed by atoms with van der Waals surface area (Å²) in [5.74, 6) is -2.73. The third-order valence-corrected chi connectivity index (χ3v) is 5.26. The van der Waals surface area contributed by atoms with E-state index in [9.17, 15) is 24.0 Å². The van der Waals surface area contributed by atoms with Crippen LogP contribution in [0.15, 0.2) is 42.5 Å². The van der Waals surface area contributed by atoms with Gasteiger partial charge in [0.2, 0.25) is 5.91 Å². The average Bonchev–Trinajstić information content (AvgIpc) is 3.01. The lowest BCUT2D eigenvalue weighted by atomic mass is 9.91. The maximum atomic E-state index is 13.0. The zero-order valence-corrected chi connectivity index (χ0v) is 18.6. The van der Waals surface area contributed by atoms with Crippen LogP contribution in [0, 0.1) is 6.92 Å². The molecule has 10 nitrogen and oxygen atoms in total. The minimum atomic E-state index is -1.31. The summed E-state index contributed by atoms with van der Waals surface area (Å²) in [6.07, 6.45) is 0. The molecule has 3 rings (SSSR count). The second-order valence-electron chi connectivity index (χ2n) is 7.64. The number of hydrogen-bond acceptors (Lipinski definition) is 7. The molecule has 4 amide bonds. The number of urea groups is 1. The number of imide groups is 1. The fraction of sp³-hybridized carbons (Fsp3) is 0.261. The van der Waals surface area contributed by atoms with Gasteiger partial charge in [0.05, 0.1) is 25.3 Å². The summed E-state index contributed by atoms with van der Waals surface area (Å²) in [4.78, 5) is 62.8. The summed E-state index contributed by atoms with van der Waals surface area (Å²) in [5, 5.41) is 5.13. The number of carbonyl (C=O) groups excluding carboxylic acids is 5. The SMILES string of the molecule is COC(=O)c1cc(NC(=O)CN2C(=O)N[C@@](C)(c3ccc(C)cc3)C2=O)cc(C(=O)OC)c1. The Labute approximate surface area is 189 Å². The van der Waals surface area contributed by atoms with Crippen molar-refractivity contribution >= 4 is 35.5 Å². The number of esters is 2. The molecule has 33 heavy (non-hydrogen) atoms. The molecule has 0 saturated carbocycles. The molecule has 0 bridgehead atoms. The summed E-state index contributed by atoms with van der Waals surface area (Å²) in [7, 11) is 2.35. The van der Waals surface area contributed by atoms with Crippen LogP contribution in [0.25, 0.3) is 0 Å². The summed E-state index contributed by atoms with van der Waals surface area (Å²) in [5.41, 5.74) is 0.388. The lowest BCUT2D eigenvalue weighted by molar-refractivity contribution is -0.133. The Kier molecular flexibility index (Phi) is 6.47. The molecule has 10 heteroatoms. The zero-order chi connectivity index (χ0) is 24.3. The first-order valence-electron chi connectivity index (χ1n) is 9.92. The highest BCUT2D eigenvalue weighted by Crippen LogP contribution is 2.29. The van der Waals surface area contributed by atoms with Gasteiger partial charge in [-0.1, -0.05) is 29.8 Å². The van der Waals surface area contributed by atoms with E-state index in [1.54, 1.807) is 19.1 Å². The minimum Gasteiger partial charge on any atom is -0.465 e. The van der Waals surface area contributed by atoms with Crippen molar-refractivity contribution in [3.05, 3.63) is 64.7 Å². The van der Waals surface area contributed by atoms with Gasteiger partial charge in [-0.25, -0.2) is 14.4 Å². The largest absolute Gasteiger partial charge is 0.465 e. The van der Waals surface area contributed by atoms with Crippen molar-refractivity contribution in [1.82, 2.24) is 10.2 Å². The number of nitrogens with zero attached hydrogens (tertiary/aromatic N) is 1. The molecular formula is C23H23N3O7. The second kappa shape index (κ2) is 9.11. The lowest BCUT2D eigenvalue weighted by Gasteiger charge is -2.22. The van der Waals surface area contributed by atoms with Gasteiger partial charge < -0.3 is 20.1 Å². The van der Waals surface area contributed by atoms with Crippen LogP contribution in [0.1, 0.15) is 38.8 Å². The number of ether oxygens (including phenoxy) is 2. The fourth-order valence-electron chi connectivity index (χ4n) is 3.44. The highest BCUT2D eigenvalue weighted by molar-refractivity contribution is 6.10. The predicted molar refractivity (Wildman–Crippen MR) is 117 cm³/mol. The molecule has 1 saturated heterocycles. The topological polar surface area (TPSA) is 131 Å². The summed E-state index contributed by atoms with van der Waals surface area (Å²) in [6, 6.07) is 10.3. The van der Waals surface area contributed by atoms with E-state index >= 15 is 0 Å². The van der Waals surface area contributed by atoms with E-state index in [1.165, 1.54) is 32.4 Å². The van der Waals surface area contributed by atoms with Crippen LogP contribution >= 0.6 is 0 Å². The Bertz CT molecular complexity index is 1110. The molecule has 172 valence electrons. The van der Waals surface area contributed by atoms with E-state index in [-0.39, 0.29) is 16.8 Å². The molecule has 2 aromatic carbocycles. The number of methoxy groups -OCH3 is 2. The number of aryl methyl sites for hydroxylation is 1. The number of anilines is 1. The molecule has 2 aromatic rings. The van der Waals surface area contributed by atoms with Crippen molar-refractivity contribution in [1.29, 1.82) is 0 Å². The molecule has 1 fully saturated rings. The smallest absolute Gasteiger partial charge is 0.337 e. The van der Waals surface area contributed by atoms with Gasteiger partial charge in [0.1, 0.15) is 12.1 Å². The van der Waals surface area contributed by atoms with E-state index in [0.29, 0.717) is 5.56 Å². The van der Waals surface area contributed by atoms with Gasteiger partial charge in [0, 0.05) is 5.69 Å². The standard InChI is InChI=1S/C23H23N3O7/c1-13-5-7-16(8-6-13)23(2)21(30)26(22(31)25-23)12-18(27)24-17-10-14(19(28)32-3)9-15(11-17)20(29)33-4/h5-11H,12H2,1-4H3,(H,24,27)(H,25,31)/t23-/m0/s1. The van der Waals surface area contributed by atoms with Crippen molar-refractivity contribution in [3.8, 4) is 0 Å². The highest BCUT2D eigenvalue weighted by atomic mass is 16.5. The van der Waals surface area contributed by atoms with Gasteiger partial charge in [-0.3, -0.25) is 14.5 Å². The average molecular weight is 453 g/mol. The van der Waals surface area contributed by atoms with Crippen LogP contribution < -0.4 is 10.6 Å². The first-order valence-corrected chi connectivity index (χ1v) is 9.92. The fourth-order valence-corrected chi connectivity index (χ4v) is 3.44. The maximum absolute atomic E-state index is 13.0. The van der Waals surface area contributed by atoms with Crippen molar-refractivity contribution in [3.63, 3.8) is 0 Å². The number of amides is 4. The van der Waals surface area contributed by atoms with Crippen molar-refractivity contribution in [2.24, 2.45) is 0 Å². The minimum absolute atomic E-state index is 0.0117. The van der Waals surface area contributed by atoms with E-state index in [0.717, 1.165) is 10.5 Å². The summed E-state index contributed by atoms with van der Waals surface area (Å²) >= 11 is 0.